The highest BCUT2D eigenvalue weighted by Crippen LogP contribution is 2.28. The average molecular weight is 334 g/mol. The Hall–Kier alpha value is -3.08. The van der Waals surface area contributed by atoms with Crippen molar-refractivity contribution in [3.8, 4) is 17.1 Å². The van der Waals surface area contributed by atoms with Crippen LogP contribution in [0.1, 0.15) is 21.5 Å². The van der Waals surface area contributed by atoms with Crippen LogP contribution in [0, 0.1) is 0 Å². The number of benzene rings is 2. The lowest BCUT2D eigenvalue weighted by Crippen LogP contribution is -2.36. The monoisotopic (exact) mass is 334 g/mol. The molecule has 0 fully saturated rings. The molecule has 1 amide bonds. The van der Waals surface area contributed by atoms with Gasteiger partial charge in [-0.05, 0) is 41.8 Å². The SMILES string of the molecule is COc1ccc(-c2oncc2C(=O)N2CCc3ccccc3C2)cc1. The molecule has 1 aliphatic rings. The molecular weight excluding hydrogens is 316 g/mol. The summed E-state index contributed by atoms with van der Waals surface area (Å²) in [6.45, 7) is 1.31. The van der Waals surface area contributed by atoms with Crippen LogP contribution in [-0.4, -0.2) is 29.6 Å². The fourth-order valence-electron chi connectivity index (χ4n) is 3.18. The van der Waals surface area contributed by atoms with Crippen LogP contribution in [0.2, 0.25) is 0 Å². The molecule has 5 nitrogen and oxygen atoms in total. The molecule has 0 saturated heterocycles. The van der Waals surface area contributed by atoms with Crippen LogP contribution in [0.15, 0.2) is 59.3 Å². The summed E-state index contributed by atoms with van der Waals surface area (Å²) in [6, 6.07) is 15.6. The van der Waals surface area contributed by atoms with E-state index in [1.165, 1.54) is 17.3 Å². The van der Waals surface area contributed by atoms with Crippen molar-refractivity contribution in [2.75, 3.05) is 13.7 Å². The lowest BCUT2D eigenvalue weighted by Gasteiger charge is -2.28. The van der Waals surface area contributed by atoms with Crippen LogP contribution in [0.4, 0.5) is 0 Å². The van der Waals surface area contributed by atoms with Crippen molar-refractivity contribution in [3.05, 3.63) is 71.4 Å². The summed E-state index contributed by atoms with van der Waals surface area (Å²) < 4.78 is 10.5. The molecule has 25 heavy (non-hydrogen) atoms. The summed E-state index contributed by atoms with van der Waals surface area (Å²) in [5.41, 5.74) is 3.81. The maximum atomic E-state index is 13.0. The first-order valence-corrected chi connectivity index (χ1v) is 8.21. The fraction of sp³-hybridized carbons (Fsp3) is 0.200. The molecule has 0 bridgehead atoms. The highest BCUT2D eigenvalue weighted by molar-refractivity contribution is 5.99. The van der Waals surface area contributed by atoms with Gasteiger partial charge in [-0.15, -0.1) is 0 Å². The van der Waals surface area contributed by atoms with Crippen molar-refractivity contribution in [2.24, 2.45) is 0 Å². The van der Waals surface area contributed by atoms with E-state index >= 15 is 0 Å². The predicted molar refractivity (Wildman–Crippen MR) is 93.4 cm³/mol. The predicted octanol–water partition coefficient (Wildman–Crippen LogP) is 3.55. The molecule has 1 aliphatic heterocycles. The van der Waals surface area contributed by atoms with Crippen LogP contribution in [0.5, 0.6) is 5.75 Å². The molecule has 2 heterocycles. The minimum Gasteiger partial charge on any atom is -0.497 e. The third-order valence-electron chi connectivity index (χ3n) is 4.57. The van der Waals surface area contributed by atoms with Crippen molar-refractivity contribution < 1.29 is 14.1 Å². The molecule has 0 saturated carbocycles. The molecule has 1 aromatic heterocycles. The van der Waals surface area contributed by atoms with E-state index in [9.17, 15) is 4.79 Å². The minimum absolute atomic E-state index is 0.0541. The summed E-state index contributed by atoms with van der Waals surface area (Å²) in [4.78, 5) is 14.8. The molecule has 0 radical (unpaired) electrons. The van der Waals surface area contributed by atoms with E-state index in [1.807, 2.05) is 41.3 Å². The van der Waals surface area contributed by atoms with E-state index in [4.69, 9.17) is 9.26 Å². The molecule has 2 aromatic carbocycles. The number of hydrogen-bond acceptors (Lipinski definition) is 4. The standard InChI is InChI=1S/C20H18N2O3/c1-24-17-8-6-15(7-9-17)19-18(12-21-25-19)20(23)22-11-10-14-4-2-3-5-16(14)13-22/h2-9,12H,10-11,13H2,1H3. The number of nitrogens with zero attached hydrogens (tertiary/aromatic N) is 2. The second-order valence-corrected chi connectivity index (χ2v) is 6.04. The molecule has 0 unspecified atom stereocenters. The molecule has 5 heteroatoms. The van der Waals surface area contributed by atoms with Gasteiger partial charge in [0.1, 0.15) is 11.3 Å². The van der Waals surface area contributed by atoms with E-state index in [-0.39, 0.29) is 5.91 Å². The summed E-state index contributed by atoms with van der Waals surface area (Å²) in [5.74, 6) is 1.19. The largest absolute Gasteiger partial charge is 0.497 e. The van der Waals surface area contributed by atoms with Gasteiger partial charge in [-0.3, -0.25) is 4.79 Å². The fourth-order valence-corrected chi connectivity index (χ4v) is 3.18. The van der Waals surface area contributed by atoms with E-state index in [1.54, 1.807) is 7.11 Å². The Labute approximate surface area is 145 Å². The van der Waals surface area contributed by atoms with Crippen molar-refractivity contribution in [1.29, 1.82) is 0 Å². The van der Waals surface area contributed by atoms with Gasteiger partial charge in [0.15, 0.2) is 5.76 Å². The van der Waals surface area contributed by atoms with Gasteiger partial charge in [-0.1, -0.05) is 29.4 Å². The minimum atomic E-state index is -0.0541. The summed E-state index contributed by atoms with van der Waals surface area (Å²) in [6.07, 6.45) is 2.37. The van der Waals surface area contributed by atoms with E-state index in [0.29, 0.717) is 24.4 Å². The summed E-state index contributed by atoms with van der Waals surface area (Å²) >= 11 is 0. The molecule has 3 aromatic rings. The van der Waals surface area contributed by atoms with Crippen LogP contribution in [0.3, 0.4) is 0 Å². The molecule has 126 valence electrons. The lowest BCUT2D eigenvalue weighted by molar-refractivity contribution is 0.0735. The second kappa shape index (κ2) is 6.43. The van der Waals surface area contributed by atoms with Gasteiger partial charge in [-0.25, -0.2) is 0 Å². The maximum absolute atomic E-state index is 13.0. The van der Waals surface area contributed by atoms with Crippen molar-refractivity contribution >= 4 is 5.91 Å². The Morgan fingerprint density at radius 1 is 1.12 bits per heavy atom. The molecule has 0 spiro atoms. The maximum Gasteiger partial charge on any atom is 0.259 e. The number of rotatable bonds is 3. The van der Waals surface area contributed by atoms with Gasteiger partial charge in [0.2, 0.25) is 0 Å². The van der Waals surface area contributed by atoms with Crippen LogP contribution < -0.4 is 4.74 Å². The van der Waals surface area contributed by atoms with Crippen molar-refractivity contribution in [2.45, 2.75) is 13.0 Å². The number of carbonyl (C=O) groups is 1. The second-order valence-electron chi connectivity index (χ2n) is 6.04. The van der Waals surface area contributed by atoms with Gasteiger partial charge in [0.05, 0.1) is 13.3 Å². The first kappa shape index (κ1) is 15.4. The Balaban J connectivity index is 1.60. The Morgan fingerprint density at radius 2 is 1.88 bits per heavy atom. The van der Waals surface area contributed by atoms with Crippen molar-refractivity contribution in [1.82, 2.24) is 10.1 Å². The zero-order valence-corrected chi connectivity index (χ0v) is 13.9. The van der Waals surface area contributed by atoms with Crippen LogP contribution in [-0.2, 0) is 13.0 Å². The van der Waals surface area contributed by atoms with E-state index < -0.39 is 0 Å². The summed E-state index contributed by atoms with van der Waals surface area (Å²) in [5, 5.41) is 3.85. The Kier molecular flexibility index (Phi) is 3.98. The van der Waals surface area contributed by atoms with E-state index in [0.717, 1.165) is 17.7 Å². The smallest absolute Gasteiger partial charge is 0.259 e. The number of aromatic nitrogens is 1. The number of methoxy groups -OCH3 is 1. The number of hydrogen-bond donors (Lipinski definition) is 0. The normalized spacial score (nSPS) is 13.4. The number of carbonyl (C=O) groups excluding carboxylic acids is 1. The lowest BCUT2D eigenvalue weighted by atomic mass is 9.99. The van der Waals surface area contributed by atoms with Gasteiger partial charge >= 0.3 is 0 Å². The third-order valence-corrected chi connectivity index (χ3v) is 4.57. The Bertz CT molecular complexity index is 899. The Morgan fingerprint density at radius 3 is 2.64 bits per heavy atom. The van der Waals surface area contributed by atoms with Gasteiger partial charge < -0.3 is 14.2 Å². The third kappa shape index (κ3) is 2.89. The number of ether oxygens (including phenoxy) is 1. The first-order valence-electron chi connectivity index (χ1n) is 8.21. The van der Waals surface area contributed by atoms with Crippen LogP contribution >= 0.6 is 0 Å². The van der Waals surface area contributed by atoms with Gasteiger partial charge in [0, 0.05) is 18.7 Å². The molecule has 0 atom stereocenters. The molecule has 0 N–H and O–H groups in total. The average Bonchev–Trinajstić information content (AvgIpc) is 3.17. The van der Waals surface area contributed by atoms with Crippen LogP contribution in [0.25, 0.3) is 11.3 Å². The van der Waals surface area contributed by atoms with Gasteiger partial charge in [-0.2, -0.15) is 0 Å². The topological polar surface area (TPSA) is 55.6 Å². The number of amides is 1. The number of fused-ring (bicyclic) bond motifs is 1. The highest BCUT2D eigenvalue weighted by Gasteiger charge is 2.26. The van der Waals surface area contributed by atoms with Crippen molar-refractivity contribution in [3.63, 3.8) is 0 Å². The zero-order chi connectivity index (χ0) is 17.2. The first-order chi connectivity index (χ1) is 12.3. The van der Waals surface area contributed by atoms with E-state index in [2.05, 4.69) is 17.3 Å². The van der Waals surface area contributed by atoms with Gasteiger partial charge in [0.25, 0.3) is 5.91 Å². The zero-order valence-electron chi connectivity index (χ0n) is 13.9. The quantitative estimate of drug-likeness (QED) is 0.735. The molecule has 4 rings (SSSR count). The highest BCUT2D eigenvalue weighted by atomic mass is 16.5. The molecule has 0 aliphatic carbocycles. The molecular formula is C20H18N2O3. The summed E-state index contributed by atoms with van der Waals surface area (Å²) in [7, 11) is 1.62.